The van der Waals surface area contributed by atoms with Gasteiger partial charge < -0.3 is 24.1 Å². The maximum absolute atomic E-state index is 9.76. The molecule has 0 saturated carbocycles. The largest absolute Gasteiger partial charge is 0.472 e. The first kappa shape index (κ1) is 19.3. The summed E-state index contributed by atoms with van der Waals surface area (Å²) in [4.78, 5) is 5.52. The Hall–Kier alpha value is -2.72. The van der Waals surface area contributed by atoms with Crippen molar-refractivity contribution in [2.24, 2.45) is 0 Å². The fourth-order valence-corrected chi connectivity index (χ4v) is 4.33. The monoisotopic (exact) mass is 423 g/mol. The van der Waals surface area contributed by atoms with Gasteiger partial charge in [-0.05, 0) is 29.8 Å². The standard InChI is InChI=1S/C23H22ClN3O3/c24-21-12-22-19(20(13-25)23(26-22)30-17-5-8-29-14-17)11-18(21)15-1-3-16(4-2-15)27-6-9-28-10-7-27/h1-4,11-12,17,26H,5-10,14H2/t17-/m0/s1. The first-order valence-electron chi connectivity index (χ1n) is 10.2. The number of nitrogens with one attached hydrogen (secondary N) is 1. The summed E-state index contributed by atoms with van der Waals surface area (Å²) in [6.07, 6.45) is 0.787. The number of nitriles is 1. The summed E-state index contributed by atoms with van der Waals surface area (Å²) in [7, 11) is 0. The number of aromatic nitrogens is 1. The molecule has 5 rings (SSSR count). The molecule has 30 heavy (non-hydrogen) atoms. The van der Waals surface area contributed by atoms with E-state index in [2.05, 4.69) is 40.2 Å². The number of fused-ring (bicyclic) bond motifs is 1. The average Bonchev–Trinajstić information content (AvgIpc) is 3.41. The number of aromatic amines is 1. The van der Waals surface area contributed by atoms with Gasteiger partial charge in [0, 0.05) is 36.1 Å². The predicted octanol–water partition coefficient (Wildman–Crippen LogP) is 4.36. The molecule has 0 spiro atoms. The Bertz CT molecular complexity index is 1090. The van der Waals surface area contributed by atoms with E-state index in [1.54, 1.807) is 0 Å². The number of rotatable bonds is 4. The topological polar surface area (TPSA) is 70.5 Å². The van der Waals surface area contributed by atoms with Crippen molar-refractivity contribution >= 4 is 28.2 Å². The fourth-order valence-electron chi connectivity index (χ4n) is 4.06. The Morgan fingerprint density at radius 2 is 1.90 bits per heavy atom. The van der Waals surface area contributed by atoms with E-state index in [1.165, 1.54) is 5.69 Å². The maximum atomic E-state index is 9.76. The Balaban J connectivity index is 1.48. The van der Waals surface area contributed by atoms with Crippen LogP contribution in [0.5, 0.6) is 5.88 Å². The molecule has 7 heteroatoms. The lowest BCUT2D eigenvalue weighted by Gasteiger charge is -2.29. The third-order valence-electron chi connectivity index (χ3n) is 5.69. The number of ether oxygens (including phenoxy) is 3. The Kier molecular flexibility index (Phi) is 5.26. The molecular formula is C23H22ClN3O3. The summed E-state index contributed by atoms with van der Waals surface area (Å²) in [5.41, 5.74) is 4.37. The van der Waals surface area contributed by atoms with Crippen LogP contribution in [0.15, 0.2) is 36.4 Å². The molecule has 1 N–H and O–H groups in total. The second kappa shape index (κ2) is 8.19. The van der Waals surface area contributed by atoms with Crippen LogP contribution in [0.2, 0.25) is 5.02 Å². The molecule has 1 aromatic heterocycles. The molecule has 2 aliphatic rings. The highest BCUT2D eigenvalue weighted by atomic mass is 35.5. The molecule has 0 bridgehead atoms. The smallest absolute Gasteiger partial charge is 0.210 e. The van der Waals surface area contributed by atoms with Crippen molar-refractivity contribution in [2.45, 2.75) is 12.5 Å². The van der Waals surface area contributed by atoms with Gasteiger partial charge in [0.15, 0.2) is 0 Å². The molecule has 3 aromatic rings. The zero-order chi connectivity index (χ0) is 20.5. The molecule has 0 radical (unpaired) electrons. The van der Waals surface area contributed by atoms with Gasteiger partial charge in [0.25, 0.3) is 0 Å². The summed E-state index contributed by atoms with van der Waals surface area (Å²) in [6, 6.07) is 14.5. The number of morpholine rings is 1. The number of H-pyrrole nitrogens is 1. The SMILES string of the molecule is N#Cc1c(O[C@H]2CCOC2)[nH]c2cc(Cl)c(-c3ccc(N4CCOCC4)cc3)cc12. The zero-order valence-corrected chi connectivity index (χ0v) is 17.2. The van der Waals surface area contributed by atoms with E-state index in [0.717, 1.165) is 54.8 Å². The first-order chi connectivity index (χ1) is 14.7. The van der Waals surface area contributed by atoms with Crippen LogP contribution < -0.4 is 9.64 Å². The van der Waals surface area contributed by atoms with E-state index < -0.39 is 0 Å². The van der Waals surface area contributed by atoms with Gasteiger partial charge in [-0.25, -0.2) is 0 Å². The van der Waals surface area contributed by atoms with Gasteiger partial charge in [0.2, 0.25) is 5.88 Å². The van der Waals surface area contributed by atoms with Gasteiger partial charge in [-0.1, -0.05) is 23.7 Å². The lowest BCUT2D eigenvalue weighted by atomic mass is 10.0. The van der Waals surface area contributed by atoms with Crippen LogP contribution in [0.25, 0.3) is 22.0 Å². The van der Waals surface area contributed by atoms with Crippen molar-refractivity contribution in [1.82, 2.24) is 4.98 Å². The highest BCUT2D eigenvalue weighted by Crippen LogP contribution is 2.37. The van der Waals surface area contributed by atoms with Gasteiger partial charge in [0.05, 0.1) is 37.0 Å². The Morgan fingerprint density at radius 3 is 2.60 bits per heavy atom. The summed E-state index contributed by atoms with van der Waals surface area (Å²) in [5, 5.41) is 11.2. The molecular weight excluding hydrogens is 402 g/mol. The van der Waals surface area contributed by atoms with Crippen LogP contribution in [0.1, 0.15) is 12.0 Å². The summed E-state index contributed by atoms with van der Waals surface area (Å²) in [5.74, 6) is 0.485. The molecule has 2 aliphatic heterocycles. The molecule has 0 amide bonds. The fraction of sp³-hybridized carbons (Fsp3) is 0.348. The third kappa shape index (κ3) is 3.61. The van der Waals surface area contributed by atoms with E-state index in [0.29, 0.717) is 29.7 Å². The molecule has 1 atom stereocenters. The van der Waals surface area contributed by atoms with Gasteiger partial charge in [0.1, 0.15) is 17.7 Å². The first-order valence-corrected chi connectivity index (χ1v) is 10.5. The summed E-state index contributed by atoms with van der Waals surface area (Å²) >= 11 is 6.61. The average molecular weight is 424 g/mol. The quantitative estimate of drug-likeness (QED) is 0.675. The summed E-state index contributed by atoms with van der Waals surface area (Å²) < 4.78 is 16.8. The normalized spacial score (nSPS) is 19.2. The molecule has 6 nitrogen and oxygen atoms in total. The molecule has 0 aliphatic carbocycles. The van der Waals surface area contributed by atoms with E-state index in [4.69, 9.17) is 25.8 Å². The minimum atomic E-state index is -0.0344. The van der Waals surface area contributed by atoms with Crippen LogP contribution in [0.3, 0.4) is 0 Å². The van der Waals surface area contributed by atoms with Crippen molar-refractivity contribution in [3.8, 4) is 23.1 Å². The zero-order valence-electron chi connectivity index (χ0n) is 16.5. The minimum Gasteiger partial charge on any atom is -0.472 e. The summed E-state index contributed by atoms with van der Waals surface area (Å²) in [6.45, 7) is 4.54. The molecule has 0 unspecified atom stereocenters. The van der Waals surface area contributed by atoms with Gasteiger partial charge in [-0.2, -0.15) is 5.26 Å². The maximum Gasteiger partial charge on any atom is 0.210 e. The second-order valence-electron chi connectivity index (χ2n) is 7.57. The van der Waals surface area contributed by atoms with Gasteiger partial charge in [-0.3, -0.25) is 0 Å². The molecule has 2 fully saturated rings. The molecule has 2 aromatic carbocycles. The Morgan fingerprint density at radius 1 is 1.10 bits per heavy atom. The van der Waals surface area contributed by atoms with E-state index in [-0.39, 0.29) is 6.10 Å². The van der Waals surface area contributed by atoms with E-state index in [1.807, 2.05) is 12.1 Å². The van der Waals surface area contributed by atoms with E-state index in [9.17, 15) is 5.26 Å². The highest BCUT2D eigenvalue weighted by molar-refractivity contribution is 6.34. The highest BCUT2D eigenvalue weighted by Gasteiger charge is 2.22. The van der Waals surface area contributed by atoms with Crippen LogP contribution in [-0.4, -0.2) is 50.6 Å². The number of nitrogens with zero attached hydrogens (tertiary/aromatic N) is 2. The lowest BCUT2D eigenvalue weighted by Crippen LogP contribution is -2.36. The van der Waals surface area contributed by atoms with Crippen LogP contribution in [0, 0.1) is 11.3 Å². The lowest BCUT2D eigenvalue weighted by molar-refractivity contribution is 0.122. The van der Waals surface area contributed by atoms with Gasteiger partial charge in [-0.15, -0.1) is 0 Å². The number of halogens is 1. The molecule has 3 heterocycles. The predicted molar refractivity (Wildman–Crippen MR) is 116 cm³/mol. The minimum absolute atomic E-state index is 0.0344. The number of hydrogen-bond acceptors (Lipinski definition) is 5. The third-order valence-corrected chi connectivity index (χ3v) is 6.00. The van der Waals surface area contributed by atoms with Crippen molar-refractivity contribution in [3.63, 3.8) is 0 Å². The van der Waals surface area contributed by atoms with Crippen molar-refractivity contribution in [2.75, 3.05) is 44.4 Å². The van der Waals surface area contributed by atoms with Crippen molar-refractivity contribution in [1.29, 1.82) is 5.26 Å². The number of anilines is 1. The van der Waals surface area contributed by atoms with Crippen LogP contribution >= 0.6 is 11.6 Å². The van der Waals surface area contributed by atoms with Crippen LogP contribution in [-0.2, 0) is 9.47 Å². The number of hydrogen-bond donors (Lipinski definition) is 1. The van der Waals surface area contributed by atoms with Crippen LogP contribution in [0.4, 0.5) is 5.69 Å². The second-order valence-corrected chi connectivity index (χ2v) is 7.98. The molecule has 2 saturated heterocycles. The van der Waals surface area contributed by atoms with Crippen molar-refractivity contribution in [3.05, 3.63) is 47.0 Å². The molecule has 154 valence electrons. The number of benzene rings is 2. The Labute approximate surface area is 179 Å². The van der Waals surface area contributed by atoms with E-state index >= 15 is 0 Å². The van der Waals surface area contributed by atoms with Gasteiger partial charge >= 0.3 is 0 Å². The van der Waals surface area contributed by atoms with Crippen molar-refractivity contribution < 1.29 is 14.2 Å².